The summed E-state index contributed by atoms with van der Waals surface area (Å²) in [6.07, 6.45) is 0. The van der Waals surface area contributed by atoms with Gasteiger partial charge < -0.3 is 0 Å². The molecule has 0 radical (unpaired) electrons. The first kappa shape index (κ1) is 17.9. The van der Waals surface area contributed by atoms with Crippen LogP contribution in [-0.4, -0.2) is 22.6 Å². The molecule has 0 bridgehead atoms. The zero-order valence-electron chi connectivity index (χ0n) is 14.6. The zero-order valence-corrected chi connectivity index (χ0v) is 18.8. The molecule has 118 valence electrons. The molecule has 22 heavy (non-hydrogen) atoms. The summed E-state index contributed by atoms with van der Waals surface area (Å²) in [6.45, 7) is 9.97. The van der Waals surface area contributed by atoms with Gasteiger partial charge in [0.2, 0.25) is 0 Å². The van der Waals surface area contributed by atoms with Gasteiger partial charge in [-0.2, -0.15) is 0 Å². The van der Waals surface area contributed by atoms with E-state index in [1.807, 2.05) is 0 Å². The van der Waals surface area contributed by atoms with Crippen molar-refractivity contribution < 1.29 is 0 Å². The topological polar surface area (TPSA) is 0 Å². The molecule has 0 spiro atoms. The van der Waals surface area contributed by atoms with E-state index in [-0.39, 0.29) is 0 Å². The predicted molar refractivity (Wildman–Crippen MR) is 106 cm³/mol. The maximum absolute atomic E-state index is 2.49. The van der Waals surface area contributed by atoms with Gasteiger partial charge in [0.25, 0.3) is 0 Å². The Bertz CT molecular complexity index is 511. The molecule has 0 unspecified atom stereocenters. The van der Waals surface area contributed by atoms with Gasteiger partial charge in [-0.15, -0.1) is 0 Å². The first-order chi connectivity index (χ1) is 10.7. The van der Waals surface area contributed by atoms with Gasteiger partial charge in [0, 0.05) is 0 Å². The third-order valence-electron chi connectivity index (χ3n) is 6.00. The monoisotopic (exact) mass is 418 g/mol. The Balaban J connectivity index is 2.78. The van der Waals surface area contributed by atoms with Gasteiger partial charge in [-0.25, -0.2) is 0 Å². The van der Waals surface area contributed by atoms with Crippen molar-refractivity contribution in [3.63, 3.8) is 0 Å². The average molecular weight is 416 g/mol. The molecule has 2 aromatic carbocycles. The minimum atomic E-state index is -2.28. The van der Waals surface area contributed by atoms with Crippen molar-refractivity contribution in [2.75, 3.05) is 0 Å². The van der Waals surface area contributed by atoms with Gasteiger partial charge >= 0.3 is 141 Å². The molecule has 0 aliphatic heterocycles. The fourth-order valence-electron chi connectivity index (χ4n) is 4.66. The molecule has 0 atom stereocenters. The van der Waals surface area contributed by atoms with Gasteiger partial charge in [0.05, 0.1) is 0 Å². The minimum absolute atomic E-state index is 1.41. The fraction of sp³-hybridized carbons (Fsp3) is 0.400. The number of hydrogen-bond acceptors (Lipinski definition) is 0. The van der Waals surface area contributed by atoms with Crippen molar-refractivity contribution in [3.8, 4) is 0 Å². The quantitative estimate of drug-likeness (QED) is 0.567. The first-order valence-electron chi connectivity index (χ1n) is 8.81. The summed E-state index contributed by atoms with van der Waals surface area (Å²) >= 11 is -4.19. The van der Waals surface area contributed by atoms with Crippen LogP contribution in [0.3, 0.4) is 0 Å². The normalized spacial score (nSPS) is 12.4. The Morgan fingerprint density at radius 2 is 0.909 bits per heavy atom. The molecule has 2 aromatic rings. The summed E-state index contributed by atoms with van der Waals surface area (Å²) < 4.78 is 3.48. The van der Waals surface area contributed by atoms with Crippen LogP contribution in [0, 0.1) is 0 Å². The molecule has 2 heteroatoms. The second-order valence-electron chi connectivity index (χ2n) is 6.33. The average Bonchev–Trinajstić information content (AvgIpc) is 2.61. The SMILES string of the molecule is C[CH2][Ge]([CH2]C)([CH2]C)[Ge]([CH2]C)([c]1ccccc1)[c]1ccccc1. The van der Waals surface area contributed by atoms with Crippen molar-refractivity contribution in [1.29, 1.82) is 0 Å². The molecule has 0 aliphatic rings. The van der Waals surface area contributed by atoms with Crippen molar-refractivity contribution in [2.24, 2.45) is 0 Å². The summed E-state index contributed by atoms with van der Waals surface area (Å²) in [6, 6.07) is 23.2. The van der Waals surface area contributed by atoms with Gasteiger partial charge in [-0.3, -0.25) is 0 Å². The number of hydrogen-bond donors (Lipinski definition) is 0. The fourth-order valence-corrected chi connectivity index (χ4v) is 66.3. The van der Waals surface area contributed by atoms with Crippen LogP contribution in [-0.2, 0) is 0 Å². The Hall–Kier alpha value is -0.474. The molecule has 0 N–H and O–H groups in total. The van der Waals surface area contributed by atoms with E-state index >= 15 is 0 Å². The Kier molecular flexibility index (Phi) is 6.40. The standard InChI is InChI=1S/C20H30Ge2/c1-5-21(6-2,7-3)22(8-4,19-15-11-9-12-16-19)20-17-13-10-14-18-20/h9-18H,5-8H2,1-4H3. The van der Waals surface area contributed by atoms with Crippen LogP contribution in [0.5, 0.6) is 0 Å². The molecule has 0 amide bonds. The van der Waals surface area contributed by atoms with Crippen LogP contribution in [0.1, 0.15) is 27.7 Å². The Morgan fingerprint density at radius 3 is 1.18 bits per heavy atom. The molecule has 0 aromatic heterocycles. The number of benzene rings is 2. The van der Waals surface area contributed by atoms with Crippen LogP contribution in [0.2, 0.25) is 21.0 Å². The van der Waals surface area contributed by atoms with Gasteiger partial charge in [-0.1, -0.05) is 0 Å². The van der Waals surface area contributed by atoms with Crippen LogP contribution in [0.15, 0.2) is 60.7 Å². The Morgan fingerprint density at radius 1 is 0.545 bits per heavy atom. The molecule has 2 rings (SSSR count). The summed E-state index contributed by atoms with van der Waals surface area (Å²) in [5.41, 5.74) is 0. The van der Waals surface area contributed by atoms with Gasteiger partial charge in [0.1, 0.15) is 0 Å². The molecule has 0 saturated carbocycles. The van der Waals surface area contributed by atoms with Crippen LogP contribution in [0.4, 0.5) is 0 Å². The molecular formula is C20H30Ge2. The number of rotatable bonds is 7. The van der Waals surface area contributed by atoms with E-state index in [4.69, 9.17) is 0 Å². The predicted octanol–water partition coefficient (Wildman–Crippen LogP) is 4.86. The Labute approximate surface area is 140 Å². The first-order valence-corrected chi connectivity index (χ1v) is 23.3. The summed E-state index contributed by atoms with van der Waals surface area (Å²) in [4.78, 5) is 0. The molecular weight excluding hydrogens is 385 g/mol. The summed E-state index contributed by atoms with van der Waals surface area (Å²) in [5.74, 6) is 0. The van der Waals surface area contributed by atoms with Gasteiger partial charge in [0.15, 0.2) is 0 Å². The molecule has 0 heterocycles. The van der Waals surface area contributed by atoms with Crippen LogP contribution >= 0.6 is 0 Å². The van der Waals surface area contributed by atoms with E-state index in [0.717, 1.165) is 0 Å². The molecule has 0 nitrogen and oxygen atoms in total. The molecule has 0 fully saturated rings. The van der Waals surface area contributed by atoms with Crippen molar-refractivity contribution >= 4 is 31.4 Å². The van der Waals surface area contributed by atoms with E-state index in [2.05, 4.69) is 88.4 Å². The van der Waals surface area contributed by atoms with Crippen molar-refractivity contribution in [3.05, 3.63) is 60.7 Å². The van der Waals surface area contributed by atoms with Crippen molar-refractivity contribution in [1.82, 2.24) is 0 Å². The van der Waals surface area contributed by atoms with Crippen LogP contribution in [0.25, 0.3) is 0 Å². The van der Waals surface area contributed by atoms with E-state index in [9.17, 15) is 0 Å². The summed E-state index contributed by atoms with van der Waals surface area (Å²) in [5, 5.41) is 5.84. The van der Waals surface area contributed by atoms with E-state index < -0.39 is 22.6 Å². The molecule has 0 saturated heterocycles. The van der Waals surface area contributed by atoms with Gasteiger partial charge in [-0.05, 0) is 0 Å². The zero-order chi connectivity index (χ0) is 16.1. The van der Waals surface area contributed by atoms with E-state index in [0.29, 0.717) is 0 Å². The van der Waals surface area contributed by atoms with E-state index in [1.54, 1.807) is 8.79 Å². The van der Waals surface area contributed by atoms with Crippen LogP contribution < -0.4 is 8.79 Å². The van der Waals surface area contributed by atoms with Crippen molar-refractivity contribution in [2.45, 2.75) is 48.7 Å². The second-order valence-corrected chi connectivity index (χ2v) is 44.7. The second kappa shape index (κ2) is 7.87. The third kappa shape index (κ3) is 2.85. The maximum atomic E-state index is 2.49. The summed E-state index contributed by atoms with van der Waals surface area (Å²) in [7, 11) is 0. The third-order valence-corrected chi connectivity index (χ3v) is 67.5. The molecule has 0 aliphatic carbocycles. The van der Waals surface area contributed by atoms with E-state index in [1.165, 1.54) is 21.0 Å².